The van der Waals surface area contributed by atoms with Gasteiger partial charge in [-0.3, -0.25) is 0 Å². The van der Waals surface area contributed by atoms with E-state index in [4.69, 9.17) is 0 Å². The number of hydrogen-bond donors (Lipinski definition) is 0. The molecule has 6 aromatic rings. The van der Waals surface area contributed by atoms with Crippen LogP contribution in [0.15, 0.2) is 0 Å². The van der Waals surface area contributed by atoms with Gasteiger partial charge in [-0.05, 0) is 0 Å². The molecule has 6 aromatic carbocycles. The maximum atomic E-state index is 15.3. The fourth-order valence-electron chi connectivity index (χ4n) is 5.74. The Morgan fingerprint density at radius 3 is 0.344 bits per heavy atom. The smallest absolute Gasteiger partial charge is 0.200 e. The van der Waals surface area contributed by atoms with Crippen LogP contribution in [-0.4, -0.2) is 19.0 Å². The van der Waals surface area contributed by atoms with E-state index in [1.165, 1.54) is 0 Å². The minimum absolute atomic E-state index is 2.35. The molecule has 0 unspecified atom stereocenters. The van der Waals surface area contributed by atoms with Gasteiger partial charge in [-0.15, -0.1) is 0 Å². The van der Waals surface area contributed by atoms with Crippen molar-refractivity contribution in [2.75, 3.05) is 0 Å². The summed E-state index contributed by atoms with van der Waals surface area (Å²) in [5, 5.41) is -9.47. The summed E-state index contributed by atoms with van der Waals surface area (Å²) in [4.78, 5) is 0. The van der Waals surface area contributed by atoms with Crippen molar-refractivity contribution in [2.45, 2.75) is 0 Å². The molecule has 4 radical (unpaired) electrons. The molecule has 0 amide bonds. The first-order chi connectivity index (χ1) is 29.6. The predicted octanol–water partition coefficient (Wildman–Crippen LogP) is 9.61. The fraction of sp³-hybridized carbons (Fsp3) is 0. The molecule has 0 nitrogen and oxygen atoms in total. The molecular formula is C36F26Si2. The monoisotopic (exact) mass is 982 g/mol. The normalized spacial score (nSPS) is 11.7. The van der Waals surface area contributed by atoms with Crippen molar-refractivity contribution in [1.29, 1.82) is 0 Å². The van der Waals surface area contributed by atoms with E-state index in [1.807, 2.05) is 0 Å². The molecule has 0 saturated carbocycles. The van der Waals surface area contributed by atoms with Crippen LogP contribution in [0.5, 0.6) is 0 Å². The first-order valence-electron chi connectivity index (χ1n) is 15.7. The van der Waals surface area contributed by atoms with Crippen molar-refractivity contribution in [3.8, 4) is 33.4 Å². The Labute approximate surface area is 338 Å². The molecule has 0 aliphatic rings. The topological polar surface area (TPSA) is 0 Å². The maximum absolute atomic E-state index is 15.3. The highest BCUT2D eigenvalue weighted by Crippen LogP contribution is 2.39. The fourth-order valence-corrected chi connectivity index (χ4v) is 8.00. The summed E-state index contributed by atoms with van der Waals surface area (Å²) in [6.45, 7) is 0. The molecule has 28 heteroatoms. The van der Waals surface area contributed by atoms with Crippen LogP contribution >= 0.6 is 0 Å². The van der Waals surface area contributed by atoms with Crippen LogP contribution in [0.2, 0.25) is 0 Å². The van der Waals surface area contributed by atoms with Crippen LogP contribution < -0.4 is 20.7 Å². The van der Waals surface area contributed by atoms with Crippen molar-refractivity contribution >= 4 is 39.8 Å². The van der Waals surface area contributed by atoms with Gasteiger partial charge in [0, 0.05) is 20.7 Å². The van der Waals surface area contributed by atoms with Gasteiger partial charge in [-0.2, -0.15) is 0 Å². The molecule has 0 bridgehead atoms. The maximum Gasteiger partial charge on any atom is 0.200 e. The highest BCUT2D eigenvalue weighted by atomic mass is 28.2. The third-order valence-electron chi connectivity index (χ3n) is 8.72. The van der Waals surface area contributed by atoms with Crippen LogP contribution in [0.4, 0.5) is 114 Å². The first-order valence-corrected chi connectivity index (χ1v) is 17.7. The summed E-state index contributed by atoms with van der Waals surface area (Å²) in [7, 11) is -5.62. The van der Waals surface area contributed by atoms with Gasteiger partial charge in [-0.25, -0.2) is 114 Å². The molecular weight excluding hydrogens is 983 g/mol. The van der Waals surface area contributed by atoms with E-state index in [2.05, 4.69) is 0 Å². The Balaban J connectivity index is 1.46. The lowest BCUT2D eigenvalue weighted by Gasteiger charge is -2.17. The molecule has 0 fully saturated rings. The van der Waals surface area contributed by atoms with Gasteiger partial charge in [0.05, 0.1) is 33.4 Å². The molecule has 0 spiro atoms. The first kappa shape index (κ1) is 47.4. The molecule has 6 rings (SSSR count). The summed E-state index contributed by atoms with van der Waals surface area (Å²) in [6, 6.07) is 0. The Morgan fingerprint density at radius 1 is 0.125 bits per heavy atom. The average molecular weight is 983 g/mol. The molecule has 334 valence electrons. The SMILES string of the molecule is Fc1c(F)c(F)c(-c2c(F)c(F)c([Si]c3c(F)c(F)c(-c4c(F)c(F)c([Si]c5c(F)c(F)c(-c6c(F)c(F)c(F)c(F)c6F)c(F)c5F)c(F)c4F)c(F)c3F)c(F)c2F)c(F)c1F. The standard InChI is InChI=1S/C36F26Si2/c37-7-1(8(38)20(50)23(53)19(7)49)3-11(41)25(55)33(26(56)12(3)42)63-35-29(59)15(45)5(16(46)30(35)60)6-17(47)31(61)36(32(62)18(6)48)64-34-27(57)13(43)4(14(44)28(34)58)2-9(39)21(51)24(54)22(52)10(2)40. The zero-order valence-corrected chi connectivity index (χ0v) is 30.8. The number of rotatable bonds is 7. The van der Waals surface area contributed by atoms with Crippen LogP contribution in [0, 0.1) is 151 Å². The lowest BCUT2D eigenvalue weighted by atomic mass is 10.0. The minimum Gasteiger partial charge on any atom is -0.204 e. The molecule has 0 N–H and O–H groups in total. The quantitative estimate of drug-likeness (QED) is 0.0648. The number of benzene rings is 6. The van der Waals surface area contributed by atoms with Crippen molar-refractivity contribution in [2.24, 2.45) is 0 Å². The van der Waals surface area contributed by atoms with Crippen LogP contribution in [0.1, 0.15) is 0 Å². The van der Waals surface area contributed by atoms with Gasteiger partial charge in [0.2, 0.25) is 11.6 Å². The summed E-state index contributed by atoms with van der Waals surface area (Å²) in [5.74, 6) is -78.8. The second-order valence-corrected chi connectivity index (χ2v) is 14.7. The molecule has 0 aliphatic carbocycles. The zero-order chi connectivity index (χ0) is 48.2. The van der Waals surface area contributed by atoms with Gasteiger partial charge < -0.3 is 0 Å². The summed E-state index contributed by atoms with van der Waals surface area (Å²) in [6.07, 6.45) is 0. The van der Waals surface area contributed by atoms with E-state index in [9.17, 15) is 61.5 Å². The summed E-state index contributed by atoms with van der Waals surface area (Å²) < 4.78 is 381. The lowest BCUT2D eigenvalue weighted by Crippen LogP contribution is -2.40. The van der Waals surface area contributed by atoms with E-state index >= 15 is 52.7 Å². The van der Waals surface area contributed by atoms with Crippen LogP contribution in [0.25, 0.3) is 33.4 Å². The van der Waals surface area contributed by atoms with Gasteiger partial charge >= 0.3 is 0 Å². The molecule has 0 saturated heterocycles. The zero-order valence-electron chi connectivity index (χ0n) is 28.8. The minimum atomic E-state index is -3.17. The van der Waals surface area contributed by atoms with E-state index in [0.29, 0.717) is 0 Å². The van der Waals surface area contributed by atoms with Crippen LogP contribution in [0.3, 0.4) is 0 Å². The van der Waals surface area contributed by atoms with Crippen molar-refractivity contribution in [1.82, 2.24) is 0 Å². The van der Waals surface area contributed by atoms with Gasteiger partial charge in [0.25, 0.3) is 0 Å². The number of halogens is 26. The van der Waals surface area contributed by atoms with Crippen LogP contribution in [-0.2, 0) is 0 Å². The predicted molar refractivity (Wildman–Crippen MR) is 165 cm³/mol. The van der Waals surface area contributed by atoms with E-state index in [1.54, 1.807) is 0 Å². The molecule has 0 aliphatic heterocycles. The molecule has 0 heterocycles. The Bertz CT molecular complexity index is 2690. The van der Waals surface area contributed by atoms with E-state index in [0.717, 1.165) is 0 Å². The Morgan fingerprint density at radius 2 is 0.219 bits per heavy atom. The lowest BCUT2D eigenvalue weighted by molar-refractivity contribution is 0.379. The summed E-state index contributed by atoms with van der Waals surface area (Å²) >= 11 is 0. The Hall–Kier alpha value is -6.07. The molecule has 64 heavy (non-hydrogen) atoms. The van der Waals surface area contributed by atoms with Crippen molar-refractivity contribution in [3.63, 3.8) is 0 Å². The van der Waals surface area contributed by atoms with Crippen molar-refractivity contribution < 1.29 is 114 Å². The van der Waals surface area contributed by atoms with Gasteiger partial charge in [-0.1, -0.05) is 0 Å². The third kappa shape index (κ3) is 6.77. The summed E-state index contributed by atoms with van der Waals surface area (Å²) in [5.41, 5.74) is -16.2. The number of hydrogen-bond acceptors (Lipinski definition) is 0. The average Bonchev–Trinajstić information content (AvgIpc) is 3.26. The highest BCUT2D eigenvalue weighted by Gasteiger charge is 2.40. The molecule has 0 atom stereocenters. The largest absolute Gasteiger partial charge is 0.204 e. The second kappa shape index (κ2) is 16.5. The van der Waals surface area contributed by atoms with E-state index in [-0.39, 0.29) is 0 Å². The van der Waals surface area contributed by atoms with E-state index < -0.39 is 224 Å². The van der Waals surface area contributed by atoms with Crippen molar-refractivity contribution in [3.05, 3.63) is 151 Å². The third-order valence-corrected chi connectivity index (χ3v) is 11.5. The highest BCUT2D eigenvalue weighted by molar-refractivity contribution is 6.68. The Kier molecular flexibility index (Phi) is 12.2. The molecule has 0 aromatic heterocycles. The van der Waals surface area contributed by atoms with Gasteiger partial charge in [0.15, 0.2) is 140 Å². The van der Waals surface area contributed by atoms with Gasteiger partial charge in [0.1, 0.15) is 19.0 Å². The second-order valence-electron chi connectivity index (χ2n) is 12.2.